The average Bonchev–Trinajstić information content (AvgIpc) is 2.43. The molecule has 0 aliphatic carbocycles. The van der Waals surface area contributed by atoms with E-state index in [9.17, 15) is 9.59 Å². The second-order valence-electron chi connectivity index (χ2n) is 5.66. The van der Waals surface area contributed by atoms with Gasteiger partial charge in [-0.2, -0.15) is 0 Å². The fraction of sp³-hybridized carbons (Fsp3) is 0.818. The molecular formula is C11H21N3O3. The molecule has 1 atom stereocenters. The minimum absolute atomic E-state index is 0.0896. The van der Waals surface area contributed by atoms with E-state index in [0.29, 0.717) is 19.5 Å². The zero-order valence-electron chi connectivity index (χ0n) is 10.7. The largest absolute Gasteiger partial charge is 0.444 e. The molecule has 98 valence electrons. The van der Waals surface area contributed by atoms with Crippen LogP contribution in [0.1, 0.15) is 33.6 Å². The third kappa shape index (κ3) is 4.22. The monoisotopic (exact) mass is 243 g/mol. The highest BCUT2D eigenvalue weighted by molar-refractivity contribution is 5.76. The maximum absolute atomic E-state index is 11.8. The molecule has 1 saturated heterocycles. The van der Waals surface area contributed by atoms with Gasteiger partial charge in [0.05, 0.1) is 0 Å². The van der Waals surface area contributed by atoms with Gasteiger partial charge in [0.1, 0.15) is 5.60 Å². The van der Waals surface area contributed by atoms with Gasteiger partial charge in [0.2, 0.25) is 5.91 Å². The highest BCUT2D eigenvalue weighted by atomic mass is 16.6. The standard InChI is InChI=1S/C11H21N3O3/c1-10(2,3)17-9(16)14-5-4-11(13,7-14)6-8(12)15/h4-7,13H2,1-3H3,(H2,12,15). The van der Waals surface area contributed by atoms with Crippen LogP contribution in [0.4, 0.5) is 4.79 Å². The lowest BCUT2D eigenvalue weighted by atomic mass is 9.95. The van der Waals surface area contributed by atoms with E-state index in [1.165, 1.54) is 4.90 Å². The van der Waals surface area contributed by atoms with Crippen molar-refractivity contribution in [3.05, 3.63) is 0 Å². The number of nitrogens with two attached hydrogens (primary N) is 2. The Labute approximate surface area is 101 Å². The van der Waals surface area contributed by atoms with Gasteiger partial charge in [-0.3, -0.25) is 4.79 Å². The maximum atomic E-state index is 11.8. The first-order valence-corrected chi connectivity index (χ1v) is 5.66. The normalized spacial score (nSPS) is 24.8. The van der Waals surface area contributed by atoms with Crippen molar-refractivity contribution in [2.45, 2.75) is 44.8 Å². The number of carbonyl (C=O) groups excluding carboxylic acids is 2. The summed E-state index contributed by atoms with van der Waals surface area (Å²) in [7, 11) is 0. The summed E-state index contributed by atoms with van der Waals surface area (Å²) in [5, 5.41) is 0. The van der Waals surface area contributed by atoms with Gasteiger partial charge in [-0.1, -0.05) is 0 Å². The first-order chi connectivity index (χ1) is 7.61. The summed E-state index contributed by atoms with van der Waals surface area (Å²) in [6.45, 7) is 6.23. The Morgan fingerprint density at radius 1 is 1.41 bits per heavy atom. The van der Waals surface area contributed by atoms with E-state index in [0.717, 1.165) is 0 Å². The van der Waals surface area contributed by atoms with Gasteiger partial charge in [-0.05, 0) is 27.2 Å². The first kappa shape index (κ1) is 13.8. The van der Waals surface area contributed by atoms with Crippen LogP contribution in [0.5, 0.6) is 0 Å². The van der Waals surface area contributed by atoms with Gasteiger partial charge in [-0.15, -0.1) is 0 Å². The van der Waals surface area contributed by atoms with E-state index in [2.05, 4.69) is 0 Å². The Morgan fingerprint density at radius 3 is 2.47 bits per heavy atom. The van der Waals surface area contributed by atoms with E-state index in [-0.39, 0.29) is 6.42 Å². The Kier molecular flexibility index (Phi) is 3.66. The van der Waals surface area contributed by atoms with Crippen LogP contribution in [0.2, 0.25) is 0 Å². The molecule has 6 heteroatoms. The molecule has 1 fully saturated rings. The molecule has 1 rings (SSSR count). The van der Waals surface area contributed by atoms with E-state index < -0.39 is 23.1 Å². The zero-order chi connectivity index (χ0) is 13.3. The molecule has 0 spiro atoms. The zero-order valence-corrected chi connectivity index (χ0v) is 10.7. The summed E-state index contributed by atoms with van der Waals surface area (Å²) in [6, 6.07) is 0. The number of ether oxygens (including phenoxy) is 1. The van der Waals surface area contributed by atoms with Gasteiger partial charge >= 0.3 is 6.09 Å². The molecule has 6 nitrogen and oxygen atoms in total. The van der Waals surface area contributed by atoms with Crippen LogP contribution in [0, 0.1) is 0 Å². The Hall–Kier alpha value is -1.30. The topological polar surface area (TPSA) is 98.7 Å². The number of nitrogens with zero attached hydrogens (tertiary/aromatic N) is 1. The molecule has 4 N–H and O–H groups in total. The van der Waals surface area contributed by atoms with E-state index in [4.69, 9.17) is 16.2 Å². The lowest BCUT2D eigenvalue weighted by molar-refractivity contribution is -0.119. The number of amides is 2. The number of likely N-dealkylation sites (tertiary alicyclic amines) is 1. The average molecular weight is 243 g/mol. The lowest BCUT2D eigenvalue weighted by Gasteiger charge is -2.26. The number of primary amides is 1. The maximum Gasteiger partial charge on any atom is 0.410 e. The van der Waals surface area contributed by atoms with Crippen molar-refractivity contribution in [1.82, 2.24) is 4.90 Å². The van der Waals surface area contributed by atoms with Crippen molar-refractivity contribution < 1.29 is 14.3 Å². The number of carbonyl (C=O) groups is 2. The predicted octanol–water partition coefficient (Wildman–Crippen LogP) is 0.200. The van der Waals surface area contributed by atoms with E-state index in [1.54, 1.807) is 20.8 Å². The summed E-state index contributed by atoms with van der Waals surface area (Å²) >= 11 is 0. The molecule has 1 unspecified atom stereocenters. The molecule has 0 radical (unpaired) electrons. The van der Waals surface area contributed by atoms with Crippen LogP contribution in [0.15, 0.2) is 0 Å². The van der Waals surface area contributed by atoms with Crippen molar-refractivity contribution in [3.8, 4) is 0 Å². The molecule has 1 heterocycles. The minimum atomic E-state index is -0.706. The summed E-state index contributed by atoms with van der Waals surface area (Å²) in [5.41, 5.74) is 9.90. The number of hydrogen-bond donors (Lipinski definition) is 2. The van der Waals surface area contributed by atoms with Crippen LogP contribution in [0.25, 0.3) is 0 Å². The Morgan fingerprint density at radius 2 is 2.00 bits per heavy atom. The second-order valence-corrected chi connectivity index (χ2v) is 5.66. The molecule has 0 aromatic heterocycles. The lowest BCUT2D eigenvalue weighted by Crippen LogP contribution is -2.47. The molecular weight excluding hydrogens is 222 g/mol. The van der Waals surface area contributed by atoms with Gasteiger partial charge in [0.25, 0.3) is 0 Å². The summed E-state index contributed by atoms with van der Waals surface area (Å²) in [5.74, 6) is -0.446. The Bertz CT molecular complexity index is 324. The smallest absolute Gasteiger partial charge is 0.410 e. The van der Waals surface area contributed by atoms with Gasteiger partial charge in [0, 0.05) is 25.0 Å². The highest BCUT2D eigenvalue weighted by Crippen LogP contribution is 2.23. The van der Waals surface area contributed by atoms with Crippen molar-refractivity contribution in [2.75, 3.05) is 13.1 Å². The second kappa shape index (κ2) is 4.52. The third-order valence-corrected chi connectivity index (χ3v) is 2.56. The van der Waals surface area contributed by atoms with Crippen LogP contribution in [-0.4, -0.2) is 41.1 Å². The fourth-order valence-electron chi connectivity index (χ4n) is 1.87. The molecule has 17 heavy (non-hydrogen) atoms. The molecule has 0 aromatic carbocycles. The SMILES string of the molecule is CC(C)(C)OC(=O)N1CCC(N)(CC(N)=O)C1. The van der Waals surface area contributed by atoms with Crippen LogP contribution in [-0.2, 0) is 9.53 Å². The van der Waals surface area contributed by atoms with Crippen molar-refractivity contribution in [2.24, 2.45) is 11.5 Å². The number of rotatable bonds is 2. The summed E-state index contributed by atoms with van der Waals surface area (Å²) in [6.07, 6.45) is 0.260. The van der Waals surface area contributed by atoms with Gasteiger partial charge in [-0.25, -0.2) is 4.79 Å². The fourth-order valence-corrected chi connectivity index (χ4v) is 1.87. The van der Waals surface area contributed by atoms with Gasteiger partial charge < -0.3 is 21.1 Å². The quantitative estimate of drug-likeness (QED) is 0.723. The van der Waals surface area contributed by atoms with E-state index >= 15 is 0 Å². The van der Waals surface area contributed by atoms with Crippen LogP contribution in [0.3, 0.4) is 0 Å². The predicted molar refractivity (Wildman–Crippen MR) is 63.2 cm³/mol. The summed E-state index contributed by atoms with van der Waals surface area (Å²) in [4.78, 5) is 24.2. The van der Waals surface area contributed by atoms with Crippen LogP contribution >= 0.6 is 0 Å². The van der Waals surface area contributed by atoms with Crippen molar-refractivity contribution in [1.29, 1.82) is 0 Å². The number of hydrogen-bond acceptors (Lipinski definition) is 4. The minimum Gasteiger partial charge on any atom is -0.444 e. The van der Waals surface area contributed by atoms with Crippen LogP contribution < -0.4 is 11.5 Å². The van der Waals surface area contributed by atoms with Crippen molar-refractivity contribution >= 4 is 12.0 Å². The molecule has 1 aliphatic rings. The molecule has 0 aromatic rings. The van der Waals surface area contributed by atoms with Crippen molar-refractivity contribution in [3.63, 3.8) is 0 Å². The highest BCUT2D eigenvalue weighted by Gasteiger charge is 2.39. The first-order valence-electron chi connectivity index (χ1n) is 5.66. The molecule has 1 aliphatic heterocycles. The third-order valence-electron chi connectivity index (χ3n) is 2.56. The Balaban J connectivity index is 2.55. The molecule has 0 bridgehead atoms. The van der Waals surface area contributed by atoms with E-state index in [1.807, 2.05) is 0 Å². The molecule has 2 amide bonds. The van der Waals surface area contributed by atoms with Gasteiger partial charge in [0.15, 0.2) is 0 Å². The summed E-state index contributed by atoms with van der Waals surface area (Å²) < 4.78 is 5.24. The molecule has 0 saturated carbocycles.